The lowest BCUT2D eigenvalue weighted by atomic mass is 10.2. The van der Waals surface area contributed by atoms with Gasteiger partial charge in [0.05, 0.1) is 5.56 Å². The summed E-state index contributed by atoms with van der Waals surface area (Å²) in [5, 5.41) is 9.05. The predicted octanol–water partition coefficient (Wildman–Crippen LogP) is 2.62. The van der Waals surface area contributed by atoms with E-state index in [9.17, 15) is 4.79 Å². The Morgan fingerprint density at radius 3 is 2.67 bits per heavy atom. The van der Waals surface area contributed by atoms with Gasteiger partial charge in [-0.05, 0) is 31.4 Å². The SMILES string of the molecule is CN(CCCCCO)C(=O)c1ccc(Cl)nc1Cl. The summed E-state index contributed by atoms with van der Waals surface area (Å²) in [6, 6.07) is 3.12. The normalized spacial score (nSPS) is 10.4. The highest BCUT2D eigenvalue weighted by atomic mass is 35.5. The smallest absolute Gasteiger partial charge is 0.256 e. The second-order valence-electron chi connectivity index (χ2n) is 3.98. The van der Waals surface area contributed by atoms with Crippen molar-refractivity contribution in [3.8, 4) is 0 Å². The summed E-state index contributed by atoms with van der Waals surface area (Å²) in [6.07, 6.45) is 2.49. The van der Waals surface area contributed by atoms with Gasteiger partial charge in [-0.25, -0.2) is 4.98 Å². The van der Waals surface area contributed by atoms with Crippen LogP contribution < -0.4 is 0 Å². The van der Waals surface area contributed by atoms with E-state index in [1.165, 1.54) is 0 Å². The summed E-state index contributed by atoms with van der Waals surface area (Å²) in [7, 11) is 1.71. The molecule has 1 heterocycles. The van der Waals surface area contributed by atoms with E-state index in [0.717, 1.165) is 19.3 Å². The van der Waals surface area contributed by atoms with Gasteiger partial charge in [-0.2, -0.15) is 0 Å². The molecule has 1 amide bonds. The summed E-state index contributed by atoms with van der Waals surface area (Å²) in [4.78, 5) is 17.5. The Morgan fingerprint density at radius 2 is 2.06 bits per heavy atom. The van der Waals surface area contributed by atoms with Crippen molar-refractivity contribution in [3.05, 3.63) is 28.0 Å². The maximum atomic E-state index is 12.0. The second kappa shape index (κ2) is 7.56. The van der Waals surface area contributed by atoms with Crippen LogP contribution in [0, 0.1) is 0 Å². The number of halogens is 2. The maximum Gasteiger partial charge on any atom is 0.256 e. The Kier molecular flexibility index (Phi) is 6.39. The monoisotopic (exact) mass is 290 g/mol. The number of carbonyl (C=O) groups excluding carboxylic acids is 1. The summed E-state index contributed by atoms with van der Waals surface area (Å²) in [5.74, 6) is -0.173. The Hall–Kier alpha value is -0.840. The Labute approximate surface area is 117 Å². The van der Waals surface area contributed by atoms with E-state index in [1.807, 2.05) is 0 Å². The van der Waals surface area contributed by atoms with E-state index in [2.05, 4.69) is 4.98 Å². The summed E-state index contributed by atoms with van der Waals surface area (Å²) >= 11 is 11.6. The quantitative estimate of drug-likeness (QED) is 0.647. The number of amides is 1. The fourth-order valence-electron chi connectivity index (χ4n) is 1.52. The Balaban J connectivity index is 2.57. The maximum absolute atomic E-state index is 12.0. The first-order chi connectivity index (χ1) is 8.56. The highest BCUT2D eigenvalue weighted by Crippen LogP contribution is 2.18. The third-order valence-electron chi connectivity index (χ3n) is 2.54. The van der Waals surface area contributed by atoms with Gasteiger partial charge in [0.25, 0.3) is 5.91 Å². The largest absolute Gasteiger partial charge is 0.396 e. The van der Waals surface area contributed by atoms with E-state index in [1.54, 1.807) is 24.1 Å². The van der Waals surface area contributed by atoms with E-state index in [4.69, 9.17) is 28.3 Å². The van der Waals surface area contributed by atoms with E-state index < -0.39 is 0 Å². The fraction of sp³-hybridized carbons (Fsp3) is 0.500. The highest BCUT2D eigenvalue weighted by molar-refractivity contribution is 6.34. The first-order valence-corrected chi connectivity index (χ1v) is 6.50. The number of unbranched alkanes of at least 4 members (excludes halogenated alkanes) is 2. The van der Waals surface area contributed by atoms with Gasteiger partial charge in [-0.1, -0.05) is 23.2 Å². The number of rotatable bonds is 6. The molecule has 4 nitrogen and oxygen atoms in total. The van der Waals surface area contributed by atoms with Gasteiger partial charge < -0.3 is 10.0 Å². The van der Waals surface area contributed by atoms with Crippen LogP contribution in [0.5, 0.6) is 0 Å². The van der Waals surface area contributed by atoms with Crippen LogP contribution in [0.25, 0.3) is 0 Å². The van der Waals surface area contributed by atoms with Crippen LogP contribution >= 0.6 is 23.2 Å². The minimum atomic E-state index is -0.173. The summed E-state index contributed by atoms with van der Waals surface area (Å²) in [5.41, 5.74) is 0.353. The van der Waals surface area contributed by atoms with Crippen LogP contribution in [-0.4, -0.2) is 41.1 Å². The molecule has 0 unspecified atom stereocenters. The number of hydrogen-bond acceptors (Lipinski definition) is 3. The van der Waals surface area contributed by atoms with Gasteiger partial charge in [-0.15, -0.1) is 0 Å². The minimum Gasteiger partial charge on any atom is -0.396 e. The molecule has 0 aromatic carbocycles. The molecule has 0 saturated heterocycles. The first-order valence-electron chi connectivity index (χ1n) is 5.74. The van der Waals surface area contributed by atoms with Crippen molar-refractivity contribution in [1.29, 1.82) is 0 Å². The number of pyridine rings is 1. The molecular weight excluding hydrogens is 275 g/mol. The van der Waals surface area contributed by atoms with Gasteiger partial charge in [0, 0.05) is 20.2 Å². The number of nitrogens with zero attached hydrogens (tertiary/aromatic N) is 2. The molecular formula is C12H16Cl2N2O2. The number of aliphatic hydroxyl groups is 1. The molecule has 0 saturated carbocycles. The summed E-state index contributed by atoms with van der Waals surface area (Å²) < 4.78 is 0. The average molecular weight is 291 g/mol. The fourth-order valence-corrected chi connectivity index (χ4v) is 1.94. The molecule has 6 heteroatoms. The minimum absolute atomic E-state index is 0.120. The zero-order valence-corrected chi connectivity index (χ0v) is 11.7. The van der Waals surface area contributed by atoms with Crippen LogP contribution in [0.2, 0.25) is 10.3 Å². The molecule has 0 aliphatic heterocycles. The molecule has 1 N–H and O–H groups in total. The van der Waals surface area contributed by atoms with Gasteiger partial charge in [-0.3, -0.25) is 4.79 Å². The van der Waals surface area contributed by atoms with Crippen molar-refractivity contribution < 1.29 is 9.90 Å². The van der Waals surface area contributed by atoms with Crippen molar-refractivity contribution in [2.24, 2.45) is 0 Å². The molecule has 18 heavy (non-hydrogen) atoms. The number of aliphatic hydroxyl groups excluding tert-OH is 1. The summed E-state index contributed by atoms with van der Waals surface area (Å²) in [6.45, 7) is 0.808. The third-order valence-corrected chi connectivity index (χ3v) is 3.04. The van der Waals surface area contributed by atoms with Crippen molar-refractivity contribution in [2.45, 2.75) is 19.3 Å². The van der Waals surface area contributed by atoms with Gasteiger partial charge in [0.2, 0.25) is 0 Å². The van der Waals surface area contributed by atoms with Gasteiger partial charge >= 0.3 is 0 Å². The predicted molar refractivity (Wildman–Crippen MR) is 72.2 cm³/mol. The van der Waals surface area contributed by atoms with Crippen LogP contribution in [0.3, 0.4) is 0 Å². The molecule has 0 aliphatic carbocycles. The molecule has 0 aliphatic rings. The molecule has 0 radical (unpaired) electrons. The van der Waals surface area contributed by atoms with Gasteiger partial charge in [0.15, 0.2) is 0 Å². The van der Waals surface area contributed by atoms with Crippen LogP contribution in [0.15, 0.2) is 12.1 Å². The molecule has 0 bridgehead atoms. The Bertz CT molecular complexity index is 413. The number of aromatic nitrogens is 1. The topological polar surface area (TPSA) is 53.4 Å². The zero-order valence-electron chi connectivity index (χ0n) is 10.2. The van der Waals surface area contributed by atoms with E-state index in [-0.39, 0.29) is 22.8 Å². The van der Waals surface area contributed by atoms with Crippen molar-refractivity contribution in [1.82, 2.24) is 9.88 Å². The number of carbonyl (C=O) groups is 1. The van der Waals surface area contributed by atoms with E-state index in [0.29, 0.717) is 12.1 Å². The molecule has 0 fully saturated rings. The van der Waals surface area contributed by atoms with Crippen LogP contribution in [-0.2, 0) is 0 Å². The Morgan fingerprint density at radius 1 is 1.33 bits per heavy atom. The van der Waals surface area contributed by atoms with Crippen molar-refractivity contribution in [3.63, 3.8) is 0 Å². The molecule has 1 aromatic rings. The van der Waals surface area contributed by atoms with Crippen molar-refractivity contribution >= 4 is 29.1 Å². The van der Waals surface area contributed by atoms with E-state index >= 15 is 0 Å². The van der Waals surface area contributed by atoms with Crippen molar-refractivity contribution in [2.75, 3.05) is 20.2 Å². The first kappa shape index (κ1) is 15.2. The standard InChI is InChI=1S/C12H16Cl2N2O2/c1-16(7-3-2-4-8-17)12(18)9-5-6-10(13)15-11(9)14/h5-6,17H,2-4,7-8H2,1H3. The second-order valence-corrected chi connectivity index (χ2v) is 4.73. The molecule has 0 spiro atoms. The van der Waals surface area contributed by atoms with Crippen LogP contribution in [0.1, 0.15) is 29.6 Å². The molecule has 100 valence electrons. The highest BCUT2D eigenvalue weighted by Gasteiger charge is 2.15. The molecule has 0 atom stereocenters. The number of hydrogen-bond donors (Lipinski definition) is 1. The zero-order chi connectivity index (χ0) is 13.5. The van der Waals surface area contributed by atoms with Crippen LogP contribution in [0.4, 0.5) is 0 Å². The third kappa shape index (κ3) is 4.44. The lowest BCUT2D eigenvalue weighted by Gasteiger charge is -2.17. The average Bonchev–Trinajstić information content (AvgIpc) is 2.33. The lowest BCUT2D eigenvalue weighted by molar-refractivity contribution is 0.0792. The molecule has 1 aromatic heterocycles. The lowest BCUT2D eigenvalue weighted by Crippen LogP contribution is -2.28. The van der Waals surface area contributed by atoms with Gasteiger partial charge in [0.1, 0.15) is 10.3 Å². The molecule has 1 rings (SSSR count).